The lowest BCUT2D eigenvalue weighted by Crippen LogP contribution is -2.32. The molecular formula is C17H20ClN3O. The van der Waals surface area contributed by atoms with E-state index in [1.54, 1.807) is 6.20 Å². The molecule has 1 N–H and O–H groups in total. The molecule has 0 spiro atoms. The first kappa shape index (κ1) is 16.3. The van der Waals surface area contributed by atoms with Crippen molar-refractivity contribution in [3.8, 4) is 5.69 Å². The lowest BCUT2D eigenvalue weighted by atomic mass is 9.90. The van der Waals surface area contributed by atoms with Crippen molar-refractivity contribution in [3.05, 3.63) is 53.7 Å². The molecule has 2 aromatic rings. The molecule has 0 saturated heterocycles. The average molecular weight is 318 g/mol. The number of allylic oxidation sites excluding steroid dienone is 2. The average Bonchev–Trinajstić information content (AvgIpc) is 2.89. The van der Waals surface area contributed by atoms with Crippen LogP contribution in [0, 0.1) is 12.8 Å². The van der Waals surface area contributed by atoms with Gasteiger partial charge in [0.05, 0.1) is 0 Å². The molecule has 3 rings (SSSR count). The van der Waals surface area contributed by atoms with E-state index in [0.717, 1.165) is 23.6 Å². The molecule has 5 heteroatoms. The summed E-state index contributed by atoms with van der Waals surface area (Å²) in [4.78, 5) is 15.9. The van der Waals surface area contributed by atoms with Crippen molar-refractivity contribution in [1.82, 2.24) is 14.9 Å². The Morgan fingerprint density at radius 1 is 1.23 bits per heavy atom. The number of hydrogen-bond donors (Lipinski definition) is 1. The smallest absolute Gasteiger partial charge is 0.227 e. The highest BCUT2D eigenvalue weighted by atomic mass is 35.5. The fourth-order valence-electron chi connectivity index (χ4n) is 2.74. The number of benzene rings is 1. The zero-order valence-corrected chi connectivity index (χ0v) is 13.8. The molecule has 1 aliphatic rings. The summed E-state index contributed by atoms with van der Waals surface area (Å²) in [5.41, 5.74) is 4.45. The van der Waals surface area contributed by atoms with Gasteiger partial charge in [-0.1, -0.05) is 19.1 Å². The van der Waals surface area contributed by atoms with E-state index in [1.165, 1.54) is 11.1 Å². The third-order valence-corrected chi connectivity index (χ3v) is 4.04. The van der Waals surface area contributed by atoms with Crippen molar-refractivity contribution in [3.63, 3.8) is 0 Å². The highest BCUT2D eigenvalue weighted by Gasteiger charge is 2.23. The monoisotopic (exact) mass is 317 g/mol. The third kappa shape index (κ3) is 2.92. The lowest BCUT2D eigenvalue weighted by molar-refractivity contribution is -0.123. The molecule has 4 nitrogen and oxygen atoms in total. The summed E-state index contributed by atoms with van der Waals surface area (Å²) in [6.07, 6.45) is 4.55. The second-order valence-electron chi connectivity index (χ2n) is 5.59. The van der Waals surface area contributed by atoms with Gasteiger partial charge < -0.3 is 9.88 Å². The molecule has 1 aromatic heterocycles. The minimum absolute atomic E-state index is 0. The van der Waals surface area contributed by atoms with E-state index in [4.69, 9.17) is 0 Å². The molecule has 2 heterocycles. The Hall–Kier alpha value is -2.07. The first-order valence-corrected chi connectivity index (χ1v) is 7.17. The number of carbonyl (C=O) groups is 1. The molecule has 1 aromatic carbocycles. The van der Waals surface area contributed by atoms with E-state index in [-0.39, 0.29) is 24.2 Å². The number of halogens is 1. The Balaban J connectivity index is 0.00000176. The van der Waals surface area contributed by atoms with Crippen LogP contribution < -0.4 is 5.32 Å². The molecule has 0 bridgehead atoms. The molecule has 1 unspecified atom stereocenters. The van der Waals surface area contributed by atoms with Gasteiger partial charge >= 0.3 is 0 Å². The van der Waals surface area contributed by atoms with E-state index in [2.05, 4.69) is 39.1 Å². The first-order valence-electron chi connectivity index (χ1n) is 7.17. The van der Waals surface area contributed by atoms with Gasteiger partial charge in [0.1, 0.15) is 5.82 Å². The fourth-order valence-corrected chi connectivity index (χ4v) is 2.74. The number of aryl methyl sites for hydroxylation is 1. The summed E-state index contributed by atoms with van der Waals surface area (Å²) >= 11 is 0. The predicted octanol–water partition coefficient (Wildman–Crippen LogP) is 3.49. The van der Waals surface area contributed by atoms with Crippen molar-refractivity contribution < 1.29 is 4.79 Å². The van der Waals surface area contributed by atoms with Gasteiger partial charge in [-0.2, -0.15) is 0 Å². The quantitative estimate of drug-likeness (QED) is 0.921. The van der Waals surface area contributed by atoms with Gasteiger partial charge in [-0.05, 0) is 43.5 Å². The normalized spacial score (nSPS) is 18.0. The van der Waals surface area contributed by atoms with Crippen LogP contribution in [-0.4, -0.2) is 15.5 Å². The number of imidazole rings is 1. The van der Waals surface area contributed by atoms with Crippen LogP contribution in [0.2, 0.25) is 0 Å². The van der Waals surface area contributed by atoms with Gasteiger partial charge in [0.2, 0.25) is 5.91 Å². The largest absolute Gasteiger partial charge is 0.330 e. The zero-order valence-electron chi connectivity index (χ0n) is 13.0. The van der Waals surface area contributed by atoms with Gasteiger partial charge in [-0.25, -0.2) is 4.98 Å². The molecular weight excluding hydrogens is 298 g/mol. The van der Waals surface area contributed by atoms with Crippen LogP contribution in [0.25, 0.3) is 11.3 Å². The van der Waals surface area contributed by atoms with E-state index >= 15 is 0 Å². The van der Waals surface area contributed by atoms with Crippen LogP contribution in [0.5, 0.6) is 0 Å². The maximum absolute atomic E-state index is 11.7. The molecule has 0 fully saturated rings. The Labute approximate surface area is 136 Å². The topological polar surface area (TPSA) is 46.9 Å². The van der Waals surface area contributed by atoms with Crippen molar-refractivity contribution >= 4 is 23.9 Å². The Morgan fingerprint density at radius 3 is 2.50 bits per heavy atom. The number of aromatic nitrogens is 2. The maximum Gasteiger partial charge on any atom is 0.227 e. The molecule has 22 heavy (non-hydrogen) atoms. The summed E-state index contributed by atoms with van der Waals surface area (Å²) in [6, 6.07) is 8.40. The second kappa shape index (κ2) is 6.36. The van der Waals surface area contributed by atoms with Crippen LogP contribution in [0.3, 0.4) is 0 Å². The van der Waals surface area contributed by atoms with Gasteiger partial charge in [0.25, 0.3) is 0 Å². The lowest BCUT2D eigenvalue weighted by Gasteiger charge is -2.24. The van der Waals surface area contributed by atoms with Crippen LogP contribution in [-0.2, 0) is 4.79 Å². The molecule has 0 saturated carbocycles. The van der Waals surface area contributed by atoms with Crippen LogP contribution in [0.15, 0.2) is 42.4 Å². The number of rotatable bonds is 2. The number of nitrogens with one attached hydrogen (secondary N) is 1. The van der Waals surface area contributed by atoms with E-state index < -0.39 is 0 Å². The van der Waals surface area contributed by atoms with Gasteiger partial charge in [-0.15, -0.1) is 12.4 Å². The molecule has 116 valence electrons. The third-order valence-electron chi connectivity index (χ3n) is 4.04. The van der Waals surface area contributed by atoms with Gasteiger partial charge in [0, 0.05) is 29.7 Å². The summed E-state index contributed by atoms with van der Waals surface area (Å²) in [5, 5.41) is 2.95. The number of carbonyl (C=O) groups excluding carboxylic acids is 1. The van der Waals surface area contributed by atoms with E-state index in [9.17, 15) is 4.79 Å². The predicted molar refractivity (Wildman–Crippen MR) is 90.1 cm³/mol. The molecule has 1 amide bonds. The van der Waals surface area contributed by atoms with Crippen LogP contribution >= 0.6 is 12.4 Å². The summed E-state index contributed by atoms with van der Waals surface area (Å²) in [6.45, 7) is 5.91. The highest BCUT2D eigenvalue weighted by molar-refractivity contribution is 5.88. The summed E-state index contributed by atoms with van der Waals surface area (Å²) in [5.74, 6) is 1.11. The van der Waals surface area contributed by atoms with Crippen molar-refractivity contribution in [2.45, 2.75) is 27.2 Å². The van der Waals surface area contributed by atoms with Crippen molar-refractivity contribution in [2.24, 2.45) is 5.92 Å². The SMILES string of the molecule is CC1=C(c2ccc(-n3ccnc3C)cc2)CC(C)C(=O)N1.Cl. The maximum atomic E-state index is 11.7. The Kier molecular flexibility index (Phi) is 4.71. The molecule has 0 aliphatic carbocycles. The minimum Gasteiger partial charge on any atom is -0.330 e. The second-order valence-corrected chi connectivity index (χ2v) is 5.59. The molecule has 1 aliphatic heterocycles. The number of nitrogens with zero attached hydrogens (tertiary/aromatic N) is 2. The summed E-state index contributed by atoms with van der Waals surface area (Å²) < 4.78 is 2.05. The zero-order chi connectivity index (χ0) is 15.0. The molecule has 0 radical (unpaired) electrons. The van der Waals surface area contributed by atoms with E-state index in [0.29, 0.717) is 0 Å². The van der Waals surface area contributed by atoms with Crippen LogP contribution in [0.1, 0.15) is 31.7 Å². The van der Waals surface area contributed by atoms with Crippen molar-refractivity contribution in [1.29, 1.82) is 0 Å². The van der Waals surface area contributed by atoms with Gasteiger partial charge in [0.15, 0.2) is 0 Å². The fraction of sp³-hybridized carbons (Fsp3) is 0.294. The molecule has 1 atom stereocenters. The van der Waals surface area contributed by atoms with Gasteiger partial charge in [-0.3, -0.25) is 4.79 Å². The van der Waals surface area contributed by atoms with Crippen molar-refractivity contribution in [2.75, 3.05) is 0 Å². The number of amides is 1. The first-order chi connectivity index (χ1) is 10.1. The van der Waals surface area contributed by atoms with Crippen LogP contribution in [0.4, 0.5) is 0 Å². The summed E-state index contributed by atoms with van der Waals surface area (Å²) in [7, 11) is 0. The standard InChI is InChI=1S/C17H19N3O.ClH/c1-11-10-16(12(2)19-17(11)21)14-4-6-15(7-5-14)20-9-8-18-13(20)3;/h4-9,11H,10H2,1-3H3,(H,19,21);1H. The van der Waals surface area contributed by atoms with E-state index in [1.807, 2.05) is 27.0 Å². The Bertz CT molecular complexity index is 716. The highest BCUT2D eigenvalue weighted by Crippen LogP contribution is 2.29. The minimum atomic E-state index is 0. The number of hydrogen-bond acceptors (Lipinski definition) is 2. The Morgan fingerprint density at radius 2 is 1.91 bits per heavy atom.